The molecule has 5 nitrogen and oxygen atoms in total. The van der Waals surface area contributed by atoms with E-state index in [0.717, 1.165) is 5.56 Å². The van der Waals surface area contributed by atoms with Gasteiger partial charge >= 0.3 is 5.97 Å². The molecule has 2 N–H and O–H groups in total. The minimum Gasteiger partial charge on any atom is -0.469 e. The Hall–Kier alpha value is -1.88. The lowest BCUT2D eigenvalue weighted by Gasteiger charge is -2.28. The van der Waals surface area contributed by atoms with Gasteiger partial charge in [-0.05, 0) is 19.4 Å². The molecule has 0 spiro atoms. The van der Waals surface area contributed by atoms with Gasteiger partial charge in [-0.2, -0.15) is 0 Å². The molecule has 0 aliphatic heterocycles. The highest BCUT2D eigenvalue weighted by Gasteiger charge is 2.26. The first-order valence-corrected chi connectivity index (χ1v) is 6.60. The van der Waals surface area contributed by atoms with Crippen LogP contribution >= 0.6 is 0 Å². The predicted octanol–water partition coefficient (Wildman–Crippen LogP) is 1.14. The number of carbonyl (C=O) groups is 2. The van der Waals surface area contributed by atoms with Crippen molar-refractivity contribution in [2.24, 2.45) is 5.73 Å². The Balaban J connectivity index is 2.94. The zero-order chi connectivity index (χ0) is 15.1. The lowest BCUT2D eigenvalue weighted by molar-refractivity contribution is -0.143. The second-order valence-corrected chi connectivity index (χ2v) is 4.98. The van der Waals surface area contributed by atoms with E-state index in [1.54, 1.807) is 0 Å². The molecule has 1 atom stereocenters. The fraction of sp³-hybridized carbons (Fsp3) is 0.467. The summed E-state index contributed by atoms with van der Waals surface area (Å²) in [7, 11) is 1.37. The second kappa shape index (κ2) is 7.65. The number of rotatable bonds is 7. The quantitative estimate of drug-likeness (QED) is 0.759. The topological polar surface area (TPSA) is 72.6 Å². The summed E-state index contributed by atoms with van der Waals surface area (Å²) >= 11 is 0. The third kappa shape index (κ3) is 4.66. The third-order valence-corrected chi connectivity index (χ3v) is 3.19. The maximum atomic E-state index is 12.0. The van der Waals surface area contributed by atoms with Crippen molar-refractivity contribution in [3.63, 3.8) is 0 Å². The SMILES string of the molecule is COC(=O)C(CN(CC(N)=O)C(C)C)c1ccccc1. The monoisotopic (exact) mass is 278 g/mol. The van der Waals surface area contributed by atoms with Crippen LogP contribution in [-0.2, 0) is 14.3 Å². The average Bonchev–Trinajstić information content (AvgIpc) is 2.42. The highest BCUT2D eigenvalue weighted by molar-refractivity contribution is 5.79. The summed E-state index contributed by atoms with van der Waals surface area (Å²) in [5, 5.41) is 0. The molecule has 1 amide bonds. The van der Waals surface area contributed by atoms with Crippen molar-refractivity contribution in [2.75, 3.05) is 20.2 Å². The highest BCUT2D eigenvalue weighted by Crippen LogP contribution is 2.19. The van der Waals surface area contributed by atoms with Crippen molar-refractivity contribution in [3.05, 3.63) is 35.9 Å². The van der Waals surface area contributed by atoms with E-state index in [1.807, 2.05) is 49.1 Å². The van der Waals surface area contributed by atoms with Gasteiger partial charge in [0.15, 0.2) is 0 Å². The first-order chi connectivity index (χ1) is 9.45. The number of hydrogen-bond donors (Lipinski definition) is 1. The maximum absolute atomic E-state index is 12.0. The van der Waals surface area contributed by atoms with E-state index in [9.17, 15) is 9.59 Å². The number of ether oxygens (including phenoxy) is 1. The Morgan fingerprint density at radius 2 is 1.85 bits per heavy atom. The second-order valence-electron chi connectivity index (χ2n) is 4.98. The number of amides is 1. The van der Waals surface area contributed by atoms with Crippen LogP contribution < -0.4 is 5.73 Å². The van der Waals surface area contributed by atoms with Crippen molar-refractivity contribution in [2.45, 2.75) is 25.8 Å². The first kappa shape index (κ1) is 16.2. The van der Waals surface area contributed by atoms with Crippen LogP contribution in [0.25, 0.3) is 0 Å². The molecular weight excluding hydrogens is 256 g/mol. The largest absolute Gasteiger partial charge is 0.469 e. The van der Waals surface area contributed by atoms with Gasteiger partial charge in [0.05, 0.1) is 19.6 Å². The van der Waals surface area contributed by atoms with Crippen molar-refractivity contribution in [1.29, 1.82) is 0 Å². The normalized spacial score (nSPS) is 12.4. The van der Waals surface area contributed by atoms with Gasteiger partial charge in [-0.1, -0.05) is 30.3 Å². The summed E-state index contributed by atoms with van der Waals surface area (Å²) in [6, 6.07) is 9.51. The fourth-order valence-corrected chi connectivity index (χ4v) is 2.04. The Kier molecular flexibility index (Phi) is 6.18. The Morgan fingerprint density at radius 1 is 1.25 bits per heavy atom. The summed E-state index contributed by atoms with van der Waals surface area (Å²) in [6.07, 6.45) is 0. The standard InChI is InChI=1S/C15H22N2O3/c1-11(2)17(10-14(16)18)9-13(15(19)20-3)12-7-5-4-6-8-12/h4-8,11,13H,9-10H2,1-3H3,(H2,16,18). The predicted molar refractivity (Wildman–Crippen MR) is 77.1 cm³/mol. The van der Waals surface area contributed by atoms with E-state index in [2.05, 4.69) is 0 Å². The molecule has 0 bridgehead atoms. The smallest absolute Gasteiger partial charge is 0.314 e. The molecule has 0 fully saturated rings. The molecule has 1 unspecified atom stereocenters. The van der Waals surface area contributed by atoms with Crippen LogP contribution in [0.5, 0.6) is 0 Å². The Labute approximate surface area is 119 Å². The number of methoxy groups -OCH3 is 1. The van der Waals surface area contributed by atoms with Crippen LogP contribution in [0.2, 0.25) is 0 Å². The Morgan fingerprint density at radius 3 is 2.30 bits per heavy atom. The zero-order valence-electron chi connectivity index (χ0n) is 12.2. The van der Waals surface area contributed by atoms with Crippen LogP contribution in [0.15, 0.2) is 30.3 Å². The Bertz CT molecular complexity index is 446. The van der Waals surface area contributed by atoms with E-state index in [0.29, 0.717) is 6.54 Å². The molecule has 0 heterocycles. The lowest BCUT2D eigenvalue weighted by Crippen LogP contribution is -2.42. The van der Waals surface area contributed by atoms with Gasteiger partial charge in [-0.15, -0.1) is 0 Å². The third-order valence-electron chi connectivity index (χ3n) is 3.19. The molecule has 0 aliphatic rings. The number of esters is 1. The van der Waals surface area contributed by atoms with E-state index < -0.39 is 11.8 Å². The van der Waals surface area contributed by atoms with Crippen molar-refractivity contribution >= 4 is 11.9 Å². The van der Waals surface area contributed by atoms with Crippen LogP contribution in [0, 0.1) is 0 Å². The molecule has 1 rings (SSSR count). The lowest BCUT2D eigenvalue weighted by atomic mass is 9.98. The van der Waals surface area contributed by atoms with Crippen LogP contribution in [0.4, 0.5) is 0 Å². The van der Waals surface area contributed by atoms with Crippen LogP contribution in [0.3, 0.4) is 0 Å². The van der Waals surface area contributed by atoms with E-state index in [-0.39, 0.29) is 18.6 Å². The average molecular weight is 278 g/mol. The first-order valence-electron chi connectivity index (χ1n) is 6.60. The summed E-state index contributed by atoms with van der Waals surface area (Å²) in [5.74, 6) is -1.15. The van der Waals surface area contributed by atoms with Gasteiger partial charge in [-0.3, -0.25) is 14.5 Å². The summed E-state index contributed by atoms with van der Waals surface area (Å²) in [6.45, 7) is 4.44. The van der Waals surface area contributed by atoms with E-state index in [1.165, 1.54) is 7.11 Å². The number of nitrogens with two attached hydrogens (primary N) is 1. The summed E-state index contributed by atoms with van der Waals surface area (Å²) in [5.41, 5.74) is 6.13. The van der Waals surface area contributed by atoms with Crippen molar-refractivity contribution < 1.29 is 14.3 Å². The maximum Gasteiger partial charge on any atom is 0.314 e. The zero-order valence-corrected chi connectivity index (χ0v) is 12.2. The number of benzene rings is 1. The van der Waals surface area contributed by atoms with Gasteiger partial charge in [0.1, 0.15) is 0 Å². The molecule has 5 heteroatoms. The van der Waals surface area contributed by atoms with Crippen LogP contribution in [0.1, 0.15) is 25.3 Å². The molecule has 1 aromatic rings. The molecule has 0 radical (unpaired) electrons. The minimum absolute atomic E-state index is 0.110. The molecule has 0 saturated carbocycles. The van der Waals surface area contributed by atoms with Gasteiger partial charge in [0.2, 0.25) is 5.91 Å². The van der Waals surface area contributed by atoms with Gasteiger partial charge in [0.25, 0.3) is 0 Å². The van der Waals surface area contributed by atoms with E-state index >= 15 is 0 Å². The molecule has 110 valence electrons. The van der Waals surface area contributed by atoms with Crippen LogP contribution in [-0.4, -0.2) is 43.0 Å². The highest BCUT2D eigenvalue weighted by atomic mass is 16.5. The number of hydrogen-bond acceptors (Lipinski definition) is 4. The number of primary amides is 1. The summed E-state index contributed by atoms with van der Waals surface area (Å²) in [4.78, 5) is 25.0. The molecule has 20 heavy (non-hydrogen) atoms. The molecular formula is C15H22N2O3. The number of nitrogens with zero attached hydrogens (tertiary/aromatic N) is 1. The van der Waals surface area contributed by atoms with E-state index in [4.69, 9.17) is 10.5 Å². The fourth-order valence-electron chi connectivity index (χ4n) is 2.04. The number of carbonyl (C=O) groups excluding carboxylic acids is 2. The van der Waals surface area contributed by atoms with Gasteiger partial charge in [0, 0.05) is 12.6 Å². The molecule has 1 aromatic carbocycles. The minimum atomic E-state index is -0.428. The van der Waals surface area contributed by atoms with Crippen molar-refractivity contribution in [3.8, 4) is 0 Å². The van der Waals surface area contributed by atoms with Crippen molar-refractivity contribution in [1.82, 2.24) is 4.90 Å². The molecule has 0 aliphatic carbocycles. The summed E-state index contributed by atoms with van der Waals surface area (Å²) < 4.78 is 4.87. The van der Waals surface area contributed by atoms with Gasteiger partial charge < -0.3 is 10.5 Å². The molecule has 0 saturated heterocycles. The molecule has 0 aromatic heterocycles. The van der Waals surface area contributed by atoms with Gasteiger partial charge in [-0.25, -0.2) is 0 Å².